The van der Waals surface area contributed by atoms with Crippen LogP contribution in [-0.2, 0) is 9.59 Å². The van der Waals surface area contributed by atoms with Crippen LogP contribution in [0.4, 0.5) is 0 Å². The molecule has 2 amide bonds. The van der Waals surface area contributed by atoms with Gasteiger partial charge in [-0.3, -0.25) is 9.59 Å². The molecular weight excluding hydrogens is 328 g/mol. The Morgan fingerprint density at radius 3 is 2.92 bits per heavy atom. The van der Waals surface area contributed by atoms with E-state index in [2.05, 4.69) is 0 Å². The van der Waals surface area contributed by atoms with Crippen LogP contribution in [0, 0.1) is 5.92 Å². The summed E-state index contributed by atoms with van der Waals surface area (Å²) < 4.78 is 6.15. The number of ether oxygens (including phenoxy) is 1. The average molecular weight is 350 g/mol. The number of hydrogen-bond donors (Lipinski definition) is 2. The number of thioether (sulfide) groups is 1. The van der Waals surface area contributed by atoms with Gasteiger partial charge in [-0.15, -0.1) is 0 Å². The number of rotatable bonds is 6. The van der Waals surface area contributed by atoms with Crippen molar-refractivity contribution in [3.05, 3.63) is 29.8 Å². The van der Waals surface area contributed by atoms with E-state index in [1.165, 1.54) is 0 Å². The summed E-state index contributed by atoms with van der Waals surface area (Å²) in [4.78, 5) is 26.6. The molecule has 130 valence electrons. The van der Waals surface area contributed by atoms with Crippen molar-refractivity contribution in [1.82, 2.24) is 4.90 Å². The number of carbonyl (C=O) groups excluding carboxylic acids is 2. The number of likely N-dealkylation sites (tertiary alicyclic amines) is 1. The number of primary amides is 1. The molecule has 24 heavy (non-hydrogen) atoms. The van der Waals surface area contributed by atoms with Crippen molar-refractivity contribution < 1.29 is 19.4 Å². The maximum atomic E-state index is 12.9. The molecule has 1 saturated heterocycles. The van der Waals surface area contributed by atoms with Gasteiger partial charge in [-0.05, 0) is 18.6 Å². The fourth-order valence-corrected chi connectivity index (χ4v) is 4.35. The van der Waals surface area contributed by atoms with E-state index in [9.17, 15) is 9.59 Å². The molecule has 6 nitrogen and oxygen atoms in total. The van der Waals surface area contributed by atoms with E-state index in [-0.39, 0.29) is 18.4 Å². The van der Waals surface area contributed by atoms with Crippen molar-refractivity contribution in [2.45, 2.75) is 25.0 Å². The Bertz CT molecular complexity index is 653. The zero-order valence-corrected chi connectivity index (χ0v) is 14.4. The average Bonchev–Trinajstić information content (AvgIpc) is 2.53. The Balaban J connectivity index is 1.93. The van der Waals surface area contributed by atoms with Crippen LogP contribution in [-0.4, -0.2) is 52.2 Å². The van der Waals surface area contributed by atoms with Gasteiger partial charge in [0.1, 0.15) is 11.7 Å². The van der Waals surface area contributed by atoms with Crippen molar-refractivity contribution in [3.63, 3.8) is 0 Å². The first-order chi connectivity index (χ1) is 11.5. The Hall–Kier alpha value is -1.73. The first-order valence-electron chi connectivity index (χ1n) is 8.05. The Morgan fingerprint density at radius 2 is 2.21 bits per heavy atom. The monoisotopic (exact) mass is 350 g/mol. The first kappa shape index (κ1) is 17.1. The lowest BCUT2D eigenvalue weighted by molar-refractivity contribution is -0.174. The molecular formula is C17H22N2O4S. The quantitative estimate of drug-likeness (QED) is 0.588. The largest absolute Gasteiger partial charge is 0.468 e. The standard InChI is InChI=1S/C17H22N2O4S/c1-17-10-12(11-4-2-3-5-13(11)23-17)14(15(18)21)16(22)19(17)6-8-24-9-7-20/h2-5,12,14,20H,6-10H2,1H3,(H2,18,21)/t12-,14-,17-/m0/s1. The summed E-state index contributed by atoms with van der Waals surface area (Å²) in [7, 11) is 0. The van der Waals surface area contributed by atoms with E-state index in [0.29, 0.717) is 30.2 Å². The Kier molecular flexibility index (Phi) is 4.73. The highest BCUT2D eigenvalue weighted by Gasteiger charge is 2.55. The molecule has 2 aliphatic heterocycles. The van der Waals surface area contributed by atoms with Crippen LogP contribution in [0.15, 0.2) is 24.3 Å². The third-order valence-electron chi connectivity index (χ3n) is 4.75. The number of carbonyl (C=O) groups is 2. The summed E-state index contributed by atoms with van der Waals surface area (Å²) in [5, 5.41) is 8.88. The maximum Gasteiger partial charge on any atom is 0.238 e. The van der Waals surface area contributed by atoms with Gasteiger partial charge < -0.3 is 20.5 Å². The molecule has 1 aromatic carbocycles. The fourth-order valence-electron chi connectivity index (χ4n) is 3.70. The van der Waals surface area contributed by atoms with Crippen LogP contribution >= 0.6 is 11.8 Å². The lowest BCUT2D eigenvalue weighted by Crippen LogP contribution is -2.64. The molecule has 3 rings (SSSR count). The van der Waals surface area contributed by atoms with Gasteiger partial charge in [-0.25, -0.2) is 0 Å². The van der Waals surface area contributed by atoms with E-state index >= 15 is 0 Å². The van der Waals surface area contributed by atoms with Gasteiger partial charge in [0, 0.05) is 30.4 Å². The Labute approximate surface area is 145 Å². The van der Waals surface area contributed by atoms with Crippen LogP contribution in [0.3, 0.4) is 0 Å². The summed E-state index contributed by atoms with van der Waals surface area (Å²) in [5.41, 5.74) is 5.67. The lowest BCUT2D eigenvalue weighted by atomic mass is 9.73. The number of benzene rings is 1. The van der Waals surface area contributed by atoms with Gasteiger partial charge in [-0.2, -0.15) is 11.8 Å². The molecule has 2 bridgehead atoms. The van der Waals surface area contributed by atoms with Crippen LogP contribution in [0.5, 0.6) is 5.75 Å². The van der Waals surface area contributed by atoms with Crippen molar-refractivity contribution >= 4 is 23.6 Å². The SMILES string of the molecule is C[C@@]12C[C@@H](c3ccccc3O1)[C@@H](C(N)=O)C(=O)N2CCSCCO. The predicted molar refractivity (Wildman–Crippen MR) is 91.6 cm³/mol. The highest BCUT2D eigenvalue weighted by molar-refractivity contribution is 7.99. The van der Waals surface area contributed by atoms with E-state index in [1.54, 1.807) is 16.7 Å². The van der Waals surface area contributed by atoms with E-state index in [1.807, 2.05) is 31.2 Å². The fraction of sp³-hybridized carbons (Fsp3) is 0.529. The molecule has 2 heterocycles. The number of aliphatic hydroxyl groups is 1. The molecule has 2 aliphatic rings. The van der Waals surface area contributed by atoms with E-state index in [4.69, 9.17) is 15.6 Å². The van der Waals surface area contributed by atoms with Gasteiger partial charge in [0.25, 0.3) is 0 Å². The van der Waals surface area contributed by atoms with Gasteiger partial charge in [0.05, 0.1) is 6.61 Å². The second-order valence-electron chi connectivity index (χ2n) is 6.33. The molecule has 3 atom stereocenters. The number of para-hydroxylation sites is 1. The Morgan fingerprint density at radius 1 is 1.46 bits per heavy atom. The van der Waals surface area contributed by atoms with Crippen molar-refractivity contribution in [2.75, 3.05) is 24.7 Å². The molecule has 0 saturated carbocycles. The molecule has 1 aromatic rings. The minimum atomic E-state index is -0.856. The zero-order valence-electron chi connectivity index (χ0n) is 13.6. The van der Waals surface area contributed by atoms with Crippen molar-refractivity contribution in [3.8, 4) is 5.75 Å². The number of amides is 2. The highest BCUT2D eigenvalue weighted by Crippen LogP contribution is 2.49. The highest BCUT2D eigenvalue weighted by atomic mass is 32.2. The number of piperidine rings is 1. The molecule has 0 spiro atoms. The summed E-state index contributed by atoms with van der Waals surface area (Å²) >= 11 is 1.56. The molecule has 0 radical (unpaired) electrons. The van der Waals surface area contributed by atoms with Crippen LogP contribution in [0.2, 0.25) is 0 Å². The molecule has 3 N–H and O–H groups in total. The summed E-state index contributed by atoms with van der Waals surface area (Å²) in [6, 6.07) is 7.53. The number of fused-ring (bicyclic) bond motifs is 4. The van der Waals surface area contributed by atoms with Gasteiger partial charge in [0.15, 0.2) is 5.72 Å². The van der Waals surface area contributed by atoms with Crippen molar-refractivity contribution in [1.29, 1.82) is 0 Å². The summed E-state index contributed by atoms with van der Waals surface area (Å²) in [6.07, 6.45) is 0.550. The molecule has 0 aliphatic carbocycles. The van der Waals surface area contributed by atoms with Gasteiger partial charge in [0.2, 0.25) is 11.8 Å². The zero-order chi connectivity index (χ0) is 17.3. The molecule has 0 aromatic heterocycles. The van der Waals surface area contributed by atoms with Crippen LogP contribution in [0.1, 0.15) is 24.8 Å². The van der Waals surface area contributed by atoms with Gasteiger partial charge >= 0.3 is 0 Å². The molecule has 0 unspecified atom stereocenters. The smallest absolute Gasteiger partial charge is 0.238 e. The third kappa shape index (κ3) is 2.86. The summed E-state index contributed by atoms with van der Waals surface area (Å²) in [5.74, 6) is 0.0465. The van der Waals surface area contributed by atoms with Gasteiger partial charge in [-0.1, -0.05) is 18.2 Å². The predicted octanol–water partition coefficient (Wildman–Crippen LogP) is 0.938. The minimum absolute atomic E-state index is 0.103. The lowest BCUT2D eigenvalue weighted by Gasteiger charge is -2.52. The van der Waals surface area contributed by atoms with E-state index in [0.717, 1.165) is 5.56 Å². The second kappa shape index (κ2) is 6.64. The minimum Gasteiger partial charge on any atom is -0.468 e. The number of nitrogens with two attached hydrogens (primary N) is 1. The maximum absolute atomic E-state index is 12.9. The second-order valence-corrected chi connectivity index (χ2v) is 7.56. The first-order valence-corrected chi connectivity index (χ1v) is 9.21. The van der Waals surface area contributed by atoms with Crippen LogP contribution in [0.25, 0.3) is 0 Å². The number of hydrogen-bond acceptors (Lipinski definition) is 5. The summed E-state index contributed by atoms with van der Waals surface area (Å²) in [6.45, 7) is 2.45. The molecule has 7 heteroatoms. The topological polar surface area (TPSA) is 92.9 Å². The van der Waals surface area contributed by atoms with Crippen molar-refractivity contribution in [2.24, 2.45) is 11.7 Å². The number of aliphatic hydroxyl groups excluding tert-OH is 1. The van der Waals surface area contributed by atoms with Crippen LogP contribution < -0.4 is 10.5 Å². The molecule has 1 fully saturated rings. The third-order valence-corrected chi connectivity index (χ3v) is 5.70. The van der Waals surface area contributed by atoms with E-state index < -0.39 is 17.6 Å². The number of nitrogens with zero attached hydrogens (tertiary/aromatic N) is 1. The normalized spacial score (nSPS) is 28.2.